The summed E-state index contributed by atoms with van der Waals surface area (Å²) in [6, 6.07) is 8.71. The average Bonchev–Trinajstić information content (AvgIpc) is 2.75. The zero-order valence-electron chi connectivity index (χ0n) is 18.3. The number of carbonyl (C=O) groups is 2. The highest BCUT2D eigenvalue weighted by Crippen LogP contribution is 2.40. The largest absolute Gasteiger partial charge is 0.280 e. The number of unbranched alkanes of at least 4 members (excludes halogenated alkanes) is 7. The van der Waals surface area contributed by atoms with Crippen LogP contribution in [-0.2, 0) is 4.57 Å². The molecule has 0 N–H and O–H groups in total. The first-order valence-corrected chi connectivity index (χ1v) is 13.5. The van der Waals surface area contributed by atoms with Gasteiger partial charge in [0.15, 0.2) is 0 Å². The van der Waals surface area contributed by atoms with Crippen molar-refractivity contribution in [3.8, 4) is 0 Å². The van der Waals surface area contributed by atoms with Crippen LogP contribution in [0.2, 0.25) is 20.1 Å². The quantitative estimate of drug-likeness (QED) is 0.212. The van der Waals surface area contributed by atoms with E-state index < -0.39 is 18.8 Å². The van der Waals surface area contributed by atoms with Crippen LogP contribution in [0.4, 0.5) is 0 Å². The molecule has 0 unspecified atom stereocenters. The number of hydrogen-bond donors (Lipinski definition) is 0. The van der Waals surface area contributed by atoms with E-state index in [4.69, 9.17) is 46.4 Å². The maximum atomic E-state index is 12.3. The van der Waals surface area contributed by atoms with Crippen molar-refractivity contribution in [2.75, 3.05) is 0 Å². The minimum atomic E-state index is -2.99. The van der Waals surface area contributed by atoms with E-state index >= 15 is 0 Å². The van der Waals surface area contributed by atoms with Gasteiger partial charge in [-0.1, -0.05) is 124 Å². The fourth-order valence-corrected chi connectivity index (χ4v) is 5.38. The molecule has 2 rings (SSSR count). The first kappa shape index (κ1) is 29.1. The number of halogens is 4. The van der Waals surface area contributed by atoms with Crippen molar-refractivity contribution in [2.45, 2.75) is 65.2 Å². The van der Waals surface area contributed by atoms with Crippen LogP contribution in [0.1, 0.15) is 85.9 Å². The number of rotatable bonds is 11. The van der Waals surface area contributed by atoms with Crippen LogP contribution in [0.15, 0.2) is 36.4 Å². The van der Waals surface area contributed by atoms with Gasteiger partial charge in [-0.25, -0.2) is 0 Å². The van der Waals surface area contributed by atoms with E-state index in [9.17, 15) is 14.2 Å². The normalized spacial score (nSPS) is 10.3. The lowest BCUT2D eigenvalue weighted by atomic mass is 10.1. The standard InChI is InChI=1S/C14H6Cl4O3P.C10H22/c15-7-3-1-4-8(16)11(7)13(19)22(21)14(20)12-9(17)5-2-6-10(12)18;1-3-5-7-9-10-8-6-4-2/h1-6H;3-10H2,1-2H3. The molecular formula is C24H28Cl4O3P. The second kappa shape index (κ2) is 15.8. The second-order valence-electron chi connectivity index (χ2n) is 7.22. The van der Waals surface area contributed by atoms with Gasteiger partial charge in [-0.2, -0.15) is 0 Å². The molecule has 0 bridgehead atoms. The molecule has 0 aliphatic rings. The Morgan fingerprint density at radius 2 is 0.906 bits per heavy atom. The third-order valence-corrected chi connectivity index (χ3v) is 7.12. The highest BCUT2D eigenvalue weighted by Gasteiger charge is 2.30. The van der Waals surface area contributed by atoms with Crippen molar-refractivity contribution < 1.29 is 14.2 Å². The molecule has 0 fully saturated rings. The molecule has 2 aromatic rings. The zero-order chi connectivity index (χ0) is 24.1. The van der Waals surface area contributed by atoms with Crippen LogP contribution in [0, 0.1) is 0 Å². The Kier molecular flexibility index (Phi) is 14.4. The van der Waals surface area contributed by atoms with Crippen molar-refractivity contribution >= 4 is 65.3 Å². The summed E-state index contributed by atoms with van der Waals surface area (Å²) in [6.45, 7) is 4.54. The molecule has 3 nitrogen and oxygen atoms in total. The Morgan fingerprint density at radius 1 is 0.625 bits per heavy atom. The van der Waals surface area contributed by atoms with Crippen LogP contribution < -0.4 is 0 Å². The van der Waals surface area contributed by atoms with Crippen molar-refractivity contribution in [1.29, 1.82) is 0 Å². The van der Waals surface area contributed by atoms with Crippen molar-refractivity contribution in [1.82, 2.24) is 0 Å². The van der Waals surface area contributed by atoms with E-state index in [1.807, 2.05) is 0 Å². The predicted molar refractivity (Wildman–Crippen MR) is 137 cm³/mol. The van der Waals surface area contributed by atoms with Crippen LogP contribution in [0.5, 0.6) is 0 Å². The topological polar surface area (TPSA) is 51.2 Å². The molecule has 175 valence electrons. The van der Waals surface area contributed by atoms with Gasteiger partial charge in [0.25, 0.3) is 11.0 Å². The lowest BCUT2D eigenvalue weighted by Crippen LogP contribution is -2.04. The van der Waals surface area contributed by atoms with E-state index in [0.29, 0.717) is 0 Å². The van der Waals surface area contributed by atoms with Gasteiger partial charge >= 0.3 is 0 Å². The SMILES string of the molecule is CCCCCCCCCC.O=C(c1c(Cl)cccc1Cl)[P](=O)C(=O)c1c(Cl)cccc1Cl. The van der Waals surface area contributed by atoms with Gasteiger partial charge < -0.3 is 0 Å². The Balaban J connectivity index is 0.000000433. The van der Waals surface area contributed by atoms with Crippen LogP contribution in [0.3, 0.4) is 0 Å². The van der Waals surface area contributed by atoms with E-state index in [2.05, 4.69) is 13.8 Å². The molecule has 8 heteroatoms. The minimum absolute atomic E-state index is 0.0129. The first-order valence-electron chi connectivity index (χ1n) is 10.7. The Hall–Kier alpha value is -0.960. The smallest absolute Gasteiger partial charge is 0.252 e. The third kappa shape index (κ3) is 9.12. The molecular weight excluding hydrogens is 509 g/mol. The van der Waals surface area contributed by atoms with Crippen molar-refractivity contribution in [2.24, 2.45) is 0 Å². The van der Waals surface area contributed by atoms with Gasteiger partial charge in [-0.05, 0) is 24.3 Å². The molecule has 0 saturated heterocycles. The highest BCUT2D eigenvalue weighted by atomic mass is 35.5. The highest BCUT2D eigenvalue weighted by molar-refractivity contribution is 7.80. The van der Waals surface area contributed by atoms with Gasteiger partial charge in [0, 0.05) is 0 Å². The Labute approximate surface area is 211 Å². The molecule has 1 radical (unpaired) electrons. The Morgan fingerprint density at radius 3 is 1.19 bits per heavy atom. The lowest BCUT2D eigenvalue weighted by molar-refractivity contribution is 0.104. The lowest BCUT2D eigenvalue weighted by Gasteiger charge is -2.07. The summed E-state index contributed by atoms with van der Waals surface area (Å²) >= 11 is 23.5. The summed E-state index contributed by atoms with van der Waals surface area (Å²) in [5.41, 5.74) is -2.26. The molecule has 0 amide bonds. The van der Waals surface area contributed by atoms with Gasteiger partial charge in [-0.3, -0.25) is 14.2 Å². The summed E-state index contributed by atoms with van der Waals surface area (Å²) in [6.07, 6.45) is 11.5. The van der Waals surface area contributed by atoms with E-state index in [-0.39, 0.29) is 31.2 Å². The number of carbonyl (C=O) groups excluding carboxylic acids is 2. The predicted octanol–water partition coefficient (Wildman–Crippen LogP) is 10.3. The summed E-state index contributed by atoms with van der Waals surface area (Å²) in [5.74, 6) is 0. The molecule has 0 aromatic heterocycles. The van der Waals surface area contributed by atoms with Crippen LogP contribution in [-0.4, -0.2) is 11.0 Å². The second-order valence-corrected chi connectivity index (χ2v) is 10.2. The molecule has 0 saturated carbocycles. The summed E-state index contributed by atoms with van der Waals surface area (Å²) < 4.78 is 12.3. The van der Waals surface area contributed by atoms with E-state index in [0.717, 1.165) is 0 Å². The van der Waals surface area contributed by atoms with E-state index in [1.165, 1.54) is 87.8 Å². The van der Waals surface area contributed by atoms with Crippen LogP contribution >= 0.6 is 54.2 Å². The molecule has 0 aliphatic heterocycles. The fraction of sp³-hybridized carbons (Fsp3) is 0.417. The molecule has 0 aliphatic carbocycles. The molecule has 32 heavy (non-hydrogen) atoms. The zero-order valence-corrected chi connectivity index (χ0v) is 22.2. The van der Waals surface area contributed by atoms with E-state index in [1.54, 1.807) is 0 Å². The summed E-state index contributed by atoms with van der Waals surface area (Å²) in [5, 5.41) is 0.0515. The van der Waals surface area contributed by atoms with Gasteiger partial charge in [0.1, 0.15) is 0 Å². The minimum Gasteiger partial charge on any atom is -0.280 e. The Bertz CT molecular complexity index is 817. The van der Waals surface area contributed by atoms with Crippen LogP contribution in [0.25, 0.3) is 0 Å². The molecule has 0 spiro atoms. The van der Waals surface area contributed by atoms with Gasteiger partial charge in [-0.15, -0.1) is 0 Å². The van der Waals surface area contributed by atoms with Gasteiger partial charge in [0.05, 0.1) is 31.2 Å². The summed E-state index contributed by atoms with van der Waals surface area (Å²) in [4.78, 5) is 24.5. The molecule has 2 aromatic carbocycles. The van der Waals surface area contributed by atoms with Gasteiger partial charge in [0.2, 0.25) is 7.80 Å². The number of hydrogen-bond acceptors (Lipinski definition) is 3. The third-order valence-electron chi connectivity index (χ3n) is 4.68. The van der Waals surface area contributed by atoms with Crippen molar-refractivity contribution in [3.05, 3.63) is 67.6 Å². The average molecular weight is 537 g/mol. The monoisotopic (exact) mass is 535 g/mol. The number of benzene rings is 2. The first-order chi connectivity index (χ1) is 15.3. The van der Waals surface area contributed by atoms with Crippen molar-refractivity contribution in [3.63, 3.8) is 0 Å². The maximum Gasteiger partial charge on any atom is 0.252 e. The fourth-order valence-electron chi connectivity index (χ4n) is 2.91. The molecule has 0 heterocycles. The summed E-state index contributed by atoms with van der Waals surface area (Å²) in [7, 11) is -2.99. The maximum absolute atomic E-state index is 12.3. The molecule has 0 atom stereocenters.